The number of carbonyl (C=O) groups is 1. The van der Waals surface area contributed by atoms with E-state index in [1.807, 2.05) is 37.3 Å². The highest BCUT2D eigenvalue weighted by molar-refractivity contribution is 5.91. The Morgan fingerprint density at radius 3 is 2.70 bits per heavy atom. The summed E-state index contributed by atoms with van der Waals surface area (Å²) >= 11 is 0. The van der Waals surface area contributed by atoms with Gasteiger partial charge in [-0.2, -0.15) is 0 Å². The molecule has 1 atom stereocenters. The number of aromatic nitrogens is 1. The maximum atomic E-state index is 13.8. The van der Waals surface area contributed by atoms with Gasteiger partial charge < -0.3 is 15.0 Å². The average molecular weight is 368 g/mol. The Bertz CT molecular complexity index is 905. The van der Waals surface area contributed by atoms with Crippen LogP contribution in [0.4, 0.5) is 4.39 Å². The lowest BCUT2D eigenvalue weighted by Crippen LogP contribution is -2.37. The molecule has 142 valence electrons. The fraction of sp³-hybridized carbons (Fsp3) is 0.318. The van der Waals surface area contributed by atoms with E-state index in [4.69, 9.17) is 4.74 Å². The van der Waals surface area contributed by atoms with Gasteiger partial charge in [0.05, 0.1) is 12.6 Å². The molecule has 2 N–H and O–H groups in total. The number of amides is 1. The van der Waals surface area contributed by atoms with Crippen LogP contribution in [0.15, 0.2) is 48.5 Å². The number of aryl methyl sites for hydroxylation is 1. The van der Waals surface area contributed by atoms with Crippen LogP contribution in [0.3, 0.4) is 0 Å². The summed E-state index contributed by atoms with van der Waals surface area (Å²) in [4.78, 5) is 15.8. The minimum absolute atomic E-state index is 0.0107. The van der Waals surface area contributed by atoms with E-state index in [-0.39, 0.29) is 17.8 Å². The van der Waals surface area contributed by atoms with Crippen molar-refractivity contribution in [3.8, 4) is 11.3 Å². The summed E-state index contributed by atoms with van der Waals surface area (Å²) in [6, 6.07) is 14.6. The van der Waals surface area contributed by atoms with Crippen molar-refractivity contribution in [1.82, 2.24) is 10.3 Å². The monoisotopic (exact) mass is 368 g/mol. The van der Waals surface area contributed by atoms with Crippen molar-refractivity contribution in [2.75, 3.05) is 13.7 Å². The van der Waals surface area contributed by atoms with E-state index in [1.54, 1.807) is 13.2 Å². The summed E-state index contributed by atoms with van der Waals surface area (Å²) in [5, 5.41) is 3.83. The molecule has 0 aliphatic heterocycles. The number of aromatic amines is 1. The minimum atomic E-state index is -0.280. The Kier molecular flexibility index (Phi) is 6.24. The summed E-state index contributed by atoms with van der Waals surface area (Å²) in [5.74, 6) is -0.304. The van der Waals surface area contributed by atoms with Crippen LogP contribution >= 0.6 is 0 Å². The number of fused-ring (bicyclic) bond motifs is 1. The number of hydrogen-bond acceptors (Lipinski definition) is 2. The van der Waals surface area contributed by atoms with Gasteiger partial charge in [-0.3, -0.25) is 4.79 Å². The van der Waals surface area contributed by atoms with Gasteiger partial charge in [-0.25, -0.2) is 4.39 Å². The van der Waals surface area contributed by atoms with Gasteiger partial charge in [-0.05, 0) is 42.2 Å². The maximum Gasteiger partial charge on any atom is 0.220 e. The molecule has 0 saturated carbocycles. The lowest BCUT2D eigenvalue weighted by atomic mass is 10.0. The topological polar surface area (TPSA) is 54.1 Å². The van der Waals surface area contributed by atoms with E-state index in [9.17, 15) is 9.18 Å². The van der Waals surface area contributed by atoms with Crippen molar-refractivity contribution < 1.29 is 13.9 Å². The standard InChI is InChI=1S/C22H25FN2O2/c1-3-17(14-27-2)24-21(26)12-10-18-19-13-16(23)9-11-20(19)25-22(18)15-7-5-4-6-8-15/h4-9,11,13,17,25H,3,10,12,14H2,1-2H3,(H,24,26). The van der Waals surface area contributed by atoms with Crippen molar-refractivity contribution in [2.24, 2.45) is 0 Å². The van der Waals surface area contributed by atoms with Crippen LogP contribution in [0.1, 0.15) is 25.3 Å². The largest absolute Gasteiger partial charge is 0.383 e. The van der Waals surface area contributed by atoms with Gasteiger partial charge in [0.25, 0.3) is 0 Å². The Balaban J connectivity index is 1.86. The highest BCUT2D eigenvalue weighted by Gasteiger charge is 2.16. The molecule has 3 rings (SSSR count). The molecule has 0 fully saturated rings. The summed E-state index contributed by atoms with van der Waals surface area (Å²) in [6.45, 7) is 2.51. The van der Waals surface area contributed by atoms with Crippen molar-refractivity contribution in [3.63, 3.8) is 0 Å². The zero-order valence-electron chi connectivity index (χ0n) is 15.7. The molecule has 27 heavy (non-hydrogen) atoms. The lowest BCUT2D eigenvalue weighted by molar-refractivity contribution is -0.122. The first kappa shape index (κ1) is 19.1. The number of methoxy groups -OCH3 is 1. The number of halogens is 1. The third-order valence-corrected chi connectivity index (χ3v) is 4.76. The molecule has 3 aromatic rings. The van der Waals surface area contributed by atoms with Crippen LogP contribution in [-0.2, 0) is 16.0 Å². The van der Waals surface area contributed by atoms with E-state index < -0.39 is 0 Å². The van der Waals surface area contributed by atoms with Gasteiger partial charge in [-0.1, -0.05) is 37.3 Å². The van der Waals surface area contributed by atoms with Crippen LogP contribution in [-0.4, -0.2) is 30.6 Å². The molecule has 0 radical (unpaired) electrons. The van der Waals surface area contributed by atoms with E-state index >= 15 is 0 Å². The Labute approximate surface area is 158 Å². The first-order valence-corrected chi connectivity index (χ1v) is 9.26. The molecule has 1 aromatic heterocycles. The summed E-state index contributed by atoms with van der Waals surface area (Å²) in [6.07, 6.45) is 1.68. The average Bonchev–Trinajstić information content (AvgIpc) is 3.04. The molecule has 0 bridgehead atoms. The number of nitrogens with one attached hydrogen (secondary N) is 2. The van der Waals surface area contributed by atoms with Crippen LogP contribution in [0.25, 0.3) is 22.2 Å². The fourth-order valence-corrected chi connectivity index (χ4v) is 3.33. The Morgan fingerprint density at radius 1 is 1.22 bits per heavy atom. The first-order chi connectivity index (χ1) is 13.1. The zero-order valence-corrected chi connectivity index (χ0v) is 15.7. The van der Waals surface area contributed by atoms with Gasteiger partial charge in [0, 0.05) is 30.1 Å². The fourth-order valence-electron chi connectivity index (χ4n) is 3.33. The number of carbonyl (C=O) groups excluding carboxylic acids is 1. The molecule has 5 heteroatoms. The van der Waals surface area contributed by atoms with Gasteiger partial charge >= 0.3 is 0 Å². The molecule has 4 nitrogen and oxygen atoms in total. The molecule has 0 spiro atoms. The van der Waals surface area contributed by atoms with Crippen LogP contribution in [0, 0.1) is 5.82 Å². The second-order valence-electron chi connectivity index (χ2n) is 6.66. The van der Waals surface area contributed by atoms with E-state index in [1.165, 1.54) is 12.1 Å². The lowest BCUT2D eigenvalue weighted by Gasteiger charge is -2.16. The van der Waals surface area contributed by atoms with Crippen molar-refractivity contribution in [3.05, 3.63) is 59.9 Å². The zero-order chi connectivity index (χ0) is 19.2. The molecule has 1 heterocycles. The summed E-state index contributed by atoms with van der Waals surface area (Å²) < 4.78 is 19.0. The summed E-state index contributed by atoms with van der Waals surface area (Å²) in [7, 11) is 1.63. The van der Waals surface area contributed by atoms with Gasteiger partial charge in [-0.15, -0.1) is 0 Å². The van der Waals surface area contributed by atoms with Gasteiger partial charge in [0.15, 0.2) is 0 Å². The van der Waals surface area contributed by atoms with Crippen molar-refractivity contribution in [2.45, 2.75) is 32.2 Å². The number of hydrogen-bond donors (Lipinski definition) is 2. The predicted octanol–water partition coefficient (Wildman–Crippen LogP) is 4.45. The Morgan fingerprint density at radius 2 is 2.00 bits per heavy atom. The Hall–Kier alpha value is -2.66. The molecule has 1 amide bonds. The highest BCUT2D eigenvalue weighted by Crippen LogP contribution is 2.31. The maximum absolute atomic E-state index is 13.8. The number of ether oxygens (including phenoxy) is 1. The van der Waals surface area contributed by atoms with Crippen molar-refractivity contribution in [1.29, 1.82) is 0 Å². The highest BCUT2D eigenvalue weighted by atomic mass is 19.1. The van der Waals surface area contributed by atoms with E-state index in [2.05, 4.69) is 10.3 Å². The first-order valence-electron chi connectivity index (χ1n) is 9.26. The normalized spacial score (nSPS) is 12.3. The van der Waals surface area contributed by atoms with Crippen molar-refractivity contribution >= 4 is 16.8 Å². The second kappa shape index (κ2) is 8.82. The smallest absolute Gasteiger partial charge is 0.220 e. The van der Waals surface area contributed by atoms with Gasteiger partial charge in [0.1, 0.15) is 5.82 Å². The number of benzene rings is 2. The molecule has 2 aromatic carbocycles. The number of rotatable bonds is 8. The molecule has 0 saturated heterocycles. The van der Waals surface area contributed by atoms with E-state index in [0.29, 0.717) is 19.4 Å². The molecule has 1 unspecified atom stereocenters. The quantitative estimate of drug-likeness (QED) is 0.617. The second-order valence-corrected chi connectivity index (χ2v) is 6.66. The third-order valence-electron chi connectivity index (χ3n) is 4.76. The molecule has 0 aliphatic carbocycles. The molecule has 0 aliphatic rings. The third kappa shape index (κ3) is 4.55. The van der Waals surface area contributed by atoms with Crippen LogP contribution in [0.5, 0.6) is 0 Å². The molecular formula is C22H25FN2O2. The predicted molar refractivity (Wildman–Crippen MR) is 106 cm³/mol. The summed E-state index contributed by atoms with van der Waals surface area (Å²) in [5.41, 5.74) is 3.80. The van der Waals surface area contributed by atoms with Gasteiger partial charge in [0.2, 0.25) is 5.91 Å². The van der Waals surface area contributed by atoms with E-state index in [0.717, 1.165) is 34.1 Å². The van der Waals surface area contributed by atoms with Crippen LogP contribution < -0.4 is 5.32 Å². The number of H-pyrrole nitrogens is 1. The molecular weight excluding hydrogens is 343 g/mol. The SMILES string of the molecule is CCC(COC)NC(=O)CCc1c(-c2ccccc2)[nH]c2ccc(F)cc12. The van der Waals surface area contributed by atoms with Crippen LogP contribution in [0.2, 0.25) is 0 Å². The minimum Gasteiger partial charge on any atom is -0.383 e.